The topological polar surface area (TPSA) is 78.9 Å². The average molecular weight is 373 g/mol. The molecule has 1 amide bonds. The van der Waals surface area contributed by atoms with Crippen LogP contribution in [-0.2, 0) is 4.74 Å². The Bertz CT molecular complexity index is 518. The predicted molar refractivity (Wildman–Crippen MR) is 102 cm³/mol. The largest absolute Gasteiger partial charge is 0.478 e. The maximum absolute atomic E-state index is 12.1. The van der Waals surface area contributed by atoms with Gasteiger partial charge < -0.3 is 14.7 Å². The number of carboxylic acid groups (broad SMARTS) is 1. The molecule has 0 fully saturated rings. The summed E-state index contributed by atoms with van der Waals surface area (Å²) < 4.78 is 5.56. The zero-order chi connectivity index (χ0) is 17.9. The molecule has 0 saturated heterocycles. The summed E-state index contributed by atoms with van der Waals surface area (Å²) in [5.74, 6) is -0.997. The summed E-state index contributed by atoms with van der Waals surface area (Å²) in [7, 11) is 0. The van der Waals surface area contributed by atoms with Gasteiger partial charge in [0.1, 0.15) is 6.10 Å². The quantitative estimate of drug-likeness (QED) is 0.641. The molecule has 0 spiro atoms. The zero-order valence-corrected chi connectivity index (χ0v) is 16.0. The van der Waals surface area contributed by atoms with E-state index in [0.717, 1.165) is 38.9 Å². The van der Waals surface area contributed by atoms with Crippen LogP contribution in [0, 0.1) is 0 Å². The van der Waals surface area contributed by atoms with E-state index in [1.165, 1.54) is 12.1 Å². The van der Waals surface area contributed by atoms with Gasteiger partial charge in [-0.05, 0) is 50.2 Å². The maximum Gasteiger partial charge on any atom is 0.411 e. The summed E-state index contributed by atoms with van der Waals surface area (Å²) in [6.45, 7) is 8.84. The predicted octanol–water partition coefficient (Wildman–Crippen LogP) is 4.26. The number of nitrogens with one attached hydrogen (secondary N) is 1. The number of ether oxygens (including phenoxy) is 1. The molecule has 0 bridgehead atoms. The molecule has 25 heavy (non-hydrogen) atoms. The molecule has 6 nitrogen and oxygen atoms in total. The summed E-state index contributed by atoms with van der Waals surface area (Å²) >= 11 is 0. The van der Waals surface area contributed by atoms with Crippen molar-refractivity contribution in [1.82, 2.24) is 4.90 Å². The number of anilines is 1. The van der Waals surface area contributed by atoms with Crippen LogP contribution in [0.3, 0.4) is 0 Å². The normalized spacial score (nSPS) is 11.5. The van der Waals surface area contributed by atoms with E-state index in [2.05, 4.69) is 31.0 Å². The molecule has 142 valence electrons. The first-order chi connectivity index (χ1) is 11.5. The van der Waals surface area contributed by atoms with E-state index >= 15 is 0 Å². The van der Waals surface area contributed by atoms with Crippen LogP contribution >= 0.6 is 12.4 Å². The Morgan fingerprint density at radius 2 is 1.76 bits per heavy atom. The number of hydrogen-bond donors (Lipinski definition) is 2. The van der Waals surface area contributed by atoms with Gasteiger partial charge in [-0.25, -0.2) is 9.59 Å². The molecule has 0 aliphatic rings. The minimum Gasteiger partial charge on any atom is -0.478 e. The lowest BCUT2D eigenvalue weighted by Gasteiger charge is -2.25. The second kappa shape index (κ2) is 12.6. The van der Waals surface area contributed by atoms with Crippen molar-refractivity contribution < 1.29 is 19.4 Å². The number of unbranched alkanes of at least 4 members (excludes halogenated alkanes) is 1. The number of rotatable bonds is 10. The Labute approximate surface area is 156 Å². The van der Waals surface area contributed by atoms with Gasteiger partial charge in [-0.15, -0.1) is 12.4 Å². The monoisotopic (exact) mass is 372 g/mol. The second-order valence-electron chi connectivity index (χ2n) is 5.66. The first-order valence-corrected chi connectivity index (χ1v) is 8.53. The fourth-order valence-electron chi connectivity index (χ4n) is 2.38. The molecular formula is C18H29ClN2O4. The molecule has 1 aromatic rings. The van der Waals surface area contributed by atoms with Crippen LogP contribution in [0.4, 0.5) is 10.5 Å². The lowest BCUT2D eigenvalue weighted by molar-refractivity contribution is 0.0696. The molecule has 7 heteroatoms. The van der Waals surface area contributed by atoms with E-state index in [0.29, 0.717) is 5.69 Å². The van der Waals surface area contributed by atoms with Gasteiger partial charge in [0.05, 0.1) is 5.56 Å². The number of halogens is 1. The van der Waals surface area contributed by atoms with Gasteiger partial charge in [0.25, 0.3) is 0 Å². The first-order valence-electron chi connectivity index (χ1n) is 8.53. The third-order valence-corrected chi connectivity index (χ3v) is 3.89. The number of hydrogen-bond acceptors (Lipinski definition) is 4. The van der Waals surface area contributed by atoms with Crippen molar-refractivity contribution in [3.8, 4) is 0 Å². The molecule has 1 rings (SSSR count). The fraction of sp³-hybridized carbons (Fsp3) is 0.556. The van der Waals surface area contributed by atoms with Gasteiger partial charge in [-0.2, -0.15) is 0 Å². The highest BCUT2D eigenvalue weighted by Gasteiger charge is 2.17. The van der Waals surface area contributed by atoms with Crippen molar-refractivity contribution >= 4 is 30.2 Å². The van der Waals surface area contributed by atoms with E-state index in [-0.39, 0.29) is 24.1 Å². The zero-order valence-electron chi connectivity index (χ0n) is 15.2. The molecule has 0 radical (unpaired) electrons. The summed E-state index contributed by atoms with van der Waals surface area (Å²) in [6, 6.07) is 6.00. The third kappa shape index (κ3) is 8.74. The van der Waals surface area contributed by atoms with Crippen molar-refractivity contribution in [1.29, 1.82) is 0 Å². The minimum absolute atomic E-state index is 0. The number of carbonyl (C=O) groups excluding carboxylic acids is 1. The summed E-state index contributed by atoms with van der Waals surface area (Å²) in [5, 5.41) is 11.5. The number of nitrogens with zero attached hydrogens (tertiary/aromatic N) is 1. The van der Waals surface area contributed by atoms with Crippen molar-refractivity contribution in [3.05, 3.63) is 29.8 Å². The van der Waals surface area contributed by atoms with Crippen LogP contribution in [0.25, 0.3) is 0 Å². The molecule has 1 aromatic carbocycles. The minimum atomic E-state index is -0.997. The van der Waals surface area contributed by atoms with E-state index in [4.69, 9.17) is 9.84 Å². The maximum atomic E-state index is 12.1. The lowest BCUT2D eigenvalue weighted by atomic mass is 10.1. The van der Waals surface area contributed by atoms with Crippen LogP contribution in [0.15, 0.2) is 24.3 Å². The van der Waals surface area contributed by atoms with E-state index in [1.807, 2.05) is 0 Å². The number of amides is 1. The molecule has 1 unspecified atom stereocenters. The SMILES string of the molecule is CCCCC(CN(CC)CC)OC(=O)Nc1ccc(C(=O)O)cc1.Cl. The second-order valence-corrected chi connectivity index (χ2v) is 5.66. The molecule has 2 N–H and O–H groups in total. The van der Waals surface area contributed by atoms with Crippen LogP contribution in [-0.4, -0.2) is 47.8 Å². The summed E-state index contributed by atoms with van der Waals surface area (Å²) in [5.41, 5.74) is 0.693. The molecule has 0 aromatic heterocycles. The van der Waals surface area contributed by atoms with Gasteiger partial charge in [-0.1, -0.05) is 27.2 Å². The van der Waals surface area contributed by atoms with Gasteiger partial charge in [0, 0.05) is 12.2 Å². The van der Waals surface area contributed by atoms with Crippen molar-refractivity contribution in [2.24, 2.45) is 0 Å². The van der Waals surface area contributed by atoms with Crippen LogP contribution in [0.1, 0.15) is 50.4 Å². The Balaban J connectivity index is 0.00000576. The van der Waals surface area contributed by atoms with E-state index in [9.17, 15) is 9.59 Å². The van der Waals surface area contributed by atoms with Gasteiger partial charge >= 0.3 is 12.1 Å². The van der Waals surface area contributed by atoms with Gasteiger partial charge in [0.2, 0.25) is 0 Å². The Hall–Kier alpha value is -1.79. The number of likely N-dealkylation sites (N-methyl/N-ethyl adjacent to an activating group) is 1. The highest BCUT2D eigenvalue weighted by atomic mass is 35.5. The Morgan fingerprint density at radius 3 is 2.24 bits per heavy atom. The van der Waals surface area contributed by atoms with Crippen LogP contribution < -0.4 is 5.32 Å². The van der Waals surface area contributed by atoms with Crippen LogP contribution in [0.2, 0.25) is 0 Å². The molecule has 0 aliphatic carbocycles. The highest BCUT2D eigenvalue weighted by Crippen LogP contribution is 2.12. The number of aromatic carboxylic acids is 1. The number of carbonyl (C=O) groups is 2. The Kier molecular flexibility index (Phi) is 11.7. The van der Waals surface area contributed by atoms with Gasteiger partial charge in [-0.3, -0.25) is 5.32 Å². The molecule has 0 aliphatic heterocycles. The van der Waals surface area contributed by atoms with Crippen molar-refractivity contribution in [2.45, 2.75) is 46.1 Å². The summed E-state index contributed by atoms with van der Waals surface area (Å²) in [6.07, 6.45) is 2.23. The number of carboxylic acids is 1. The highest BCUT2D eigenvalue weighted by molar-refractivity contribution is 5.89. The Morgan fingerprint density at radius 1 is 1.16 bits per heavy atom. The standard InChI is InChI=1S/C18H28N2O4.ClH/c1-4-7-8-16(13-20(5-2)6-3)24-18(23)19-15-11-9-14(10-12-15)17(21)22;/h9-12,16H,4-8,13H2,1-3H3,(H,19,23)(H,21,22);1H. The third-order valence-electron chi connectivity index (χ3n) is 3.89. The average Bonchev–Trinajstić information content (AvgIpc) is 2.57. The molecule has 0 heterocycles. The van der Waals surface area contributed by atoms with E-state index in [1.54, 1.807) is 12.1 Å². The van der Waals surface area contributed by atoms with Gasteiger partial charge in [0.15, 0.2) is 0 Å². The summed E-state index contributed by atoms with van der Waals surface area (Å²) in [4.78, 5) is 25.1. The fourth-order valence-corrected chi connectivity index (χ4v) is 2.38. The van der Waals surface area contributed by atoms with Crippen molar-refractivity contribution in [2.75, 3.05) is 25.0 Å². The van der Waals surface area contributed by atoms with Crippen molar-refractivity contribution in [3.63, 3.8) is 0 Å². The van der Waals surface area contributed by atoms with E-state index < -0.39 is 12.1 Å². The van der Waals surface area contributed by atoms with Crippen LogP contribution in [0.5, 0.6) is 0 Å². The lowest BCUT2D eigenvalue weighted by Crippen LogP contribution is -2.36. The molecular weight excluding hydrogens is 344 g/mol. The number of benzene rings is 1. The molecule has 1 atom stereocenters. The molecule has 0 saturated carbocycles. The first kappa shape index (κ1) is 23.2. The smallest absolute Gasteiger partial charge is 0.411 e.